The van der Waals surface area contributed by atoms with Gasteiger partial charge in [0.25, 0.3) is 0 Å². The molecule has 0 aliphatic heterocycles. The van der Waals surface area contributed by atoms with Gasteiger partial charge in [-0.05, 0) is 27.2 Å². The number of nitrogens with zero attached hydrogens (tertiary/aromatic N) is 1. The predicted octanol–water partition coefficient (Wildman–Crippen LogP) is 0.494. The Kier molecular flexibility index (Phi) is 4.89. The van der Waals surface area contributed by atoms with Gasteiger partial charge in [0.15, 0.2) is 0 Å². The maximum absolute atomic E-state index is 11.7. The molecule has 0 radical (unpaired) electrons. The number of nitrogens with one attached hydrogen (secondary N) is 1. The second kappa shape index (κ2) is 5.97. The van der Waals surface area contributed by atoms with E-state index in [9.17, 15) is 14.7 Å². The summed E-state index contributed by atoms with van der Waals surface area (Å²) in [6.07, 6.45) is 0.0550. The number of carbonyl (C=O) groups excluding carboxylic acids is 1. The van der Waals surface area contributed by atoms with Crippen LogP contribution in [0.25, 0.3) is 0 Å². The van der Waals surface area contributed by atoms with E-state index in [2.05, 4.69) is 5.32 Å². The van der Waals surface area contributed by atoms with Crippen molar-refractivity contribution in [2.45, 2.75) is 45.9 Å². The van der Waals surface area contributed by atoms with Crippen LogP contribution in [0.2, 0.25) is 0 Å². The Bertz CT molecular complexity index is 436. The van der Waals surface area contributed by atoms with Crippen LogP contribution in [0.5, 0.6) is 0 Å². The Labute approximate surface area is 104 Å². The minimum Gasteiger partial charge on any atom is -0.393 e. The second-order valence-corrected chi connectivity index (χ2v) is 5.10. The highest BCUT2D eigenvalue weighted by Gasteiger charge is 2.12. The molecule has 1 aromatic heterocycles. The van der Waals surface area contributed by atoms with Crippen molar-refractivity contribution in [1.29, 1.82) is 0 Å². The fourth-order valence-electron chi connectivity index (χ4n) is 1.63. The number of carbonyl (C=O) groups is 1. The topological polar surface area (TPSA) is 71.3 Å². The third-order valence-corrected chi connectivity index (χ3v) is 3.26. The molecule has 6 heteroatoms. The van der Waals surface area contributed by atoms with Crippen molar-refractivity contribution in [1.82, 2.24) is 9.88 Å². The molecule has 5 nitrogen and oxygen atoms in total. The number of hydrogen-bond acceptors (Lipinski definition) is 4. The first kappa shape index (κ1) is 13.9. The summed E-state index contributed by atoms with van der Waals surface area (Å²) in [5.41, 5.74) is 0.790. The first-order valence-corrected chi connectivity index (χ1v) is 6.40. The third-order valence-electron chi connectivity index (χ3n) is 2.38. The summed E-state index contributed by atoms with van der Waals surface area (Å²) >= 11 is 1.09. The van der Waals surface area contributed by atoms with Crippen LogP contribution in [-0.2, 0) is 11.3 Å². The maximum Gasteiger partial charge on any atom is 0.307 e. The van der Waals surface area contributed by atoms with Crippen molar-refractivity contribution < 1.29 is 9.90 Å². The summed E-state index contributed by atoms with van der Waals surface area (Å²) in [6.45, 7) is 5.34. The number of aryl methyl sites for hydroxylation is 1. The molecule has 1 amide bonds. The van der Waals surface area contributed by atoms with Crippen molar-refractivity contribution in [3.8, 4) is 0 Å². The molecule has 0 saturated carbocycles. The fourth-order valence-corrected chi connectivity index (χ4v) is 2.37. The standard InChI is InChI=1S/C11H18N2O3S/c1-7(4-9(3)14)12-10(15)5-13-8(2)6-17-11(13)16/h6-7,9,14H,4-5H2,1-3H3,(H,12,15). The average Bonchev–Trinajstić information content (AvgIpc) is 2.47. The highest BCUT2D eigenvalue weighted by Crippen LogP contribution is 2.00. The van der Waals surface area contributed by atoms with Crippen LogP contribution in [0.15, 0.2) is 10.2 Å². The Morgan fingerprint density at radius 3 is 2.71 bits per heavy atom. The van der Waals surface area contributed by atoms with Crippen molar-refractivity contribution in [2.75, 3.05) is 0 Å². The highest BCUT2D eigenvalue weighted by atomic mass is 32.1. The molecule has 0 saturated heterocycles. The van der Waals surface area contributed by atoms with Crippen LogP contribution in [0, 0.1) is 6.92 Å². The Balaban J connectivity index is 2.53. The summed E-state index contributed by atoms with van der Waals surface area (Å²) < 4.78 is 1.44. The maximum atomic E-state index is 11.7. The highest BCUT2D eigenvalue weighted by molar-refractivity contribution is 7.07. The lowest BCUT2D eigenvalue weighted by Crippen LogP contribution is -2.38. The summed E-state index contributed by atoms with van der Waals surface area (Å²) in [4.78, 5) is 22.9. The Morgan fingerprint density at radius 2 is 2.24 bits per heavy atom. The molecule has 1 heterocycles. The van der Waals surface area contributed by atoms with E-state index in [0.717, 1.165) is 17.0 Å². The van der Waals surface area contributed by atoms with Crippen LogP contribution in [0.3, 0.4) is 0 Å². The number of aromatic nitrogens is 1. The van der Waals surface area contributed by atoms with Crippen LogP contribution >= 0.6 is 11.3 Å². The smallest absolute Gasteiger partial charge is 0.307 e. The van der Waals surface area contributed by atoms with Crippen molar-refractivity contribution in [3.05, 3.63) is 20.7 Å². The van der Waals surface area contributed by atoms with E-state index >= 15 is 0 Å². The molecule has 0 aliphatic rings. The van der Waals surface area contributed by atoms with Crippen molar-refractivity contribution in [3.63, 3.8) is 0 Å². The SMILES string of the molecule is Cc1csc(=O)n1CC(=O)NC(C)CC(C)O. The van der Waals surface area contributed by atoms with Gasteiger partial charge in [-0.25, -0.2) is 0 Å². The van der Waals surface area contributed by atoms with Crippen LogP contribution < -0.4 is 10.2 Å². The first-order chi connectivity index (χ1) is 7.90. The Morgan fingerprint density at radius 1 is 1.59 bits per heavy atom. The van der Waals surface area contributed by atoms with Gasteiger partial charge in [-0.2, -0.15) is 0 Å². The van der Waals surface area contributed by atoms with Gasteiger partial charge in [0.2, 0.25) is 5.91 Å². The lowest BCUT2D eigenvalue weighted by atomic mass is 10.1. The second-order valence-electron chi connectivity index (χ2n) is 4.28. The lowest BCUT2D eigenvalue weighted by Gasteiger charge is -2.15. The predicted molar refractivity (Wildman–Crippen MR) is 67.2 cm³/mol. The van der Waals surface area contributed by atoms with Crippen LogP contribution in [-0.4, -0.2) is 27.7 Å². The van der Waals surface area contributed by atoms with E-state index in [-0.39, 0.29) is 23.4 Å². The Hall–Kier alpha value is -1.14. The van der Waals surface area contributed by atoms with Crippen molar-refractivity contribution in [2.24, 2.45) is 0 Å². The quantitative estimate of drug-likeness (QED) is 0.807. The van der Waals surface area contributed by atoms with Gasteiger partial charge in [0, 0.05) is 17.1 Å². The minimum atomic E-state index is -0.448. The molecule has 2 N–H and O–H groups in total. The van der Waals surface area contributed by atoms with Crippen LogP contribution in [0.1, 0.15) is 26.0 Å². The van der Waals surface area contributed by atoms with Gasteiger partial charge >= 0.3 is 4.87 Å². The zero-order valence-corrected chi connectivity index (χ0v) is 11.1. The summed E-state index contributed by atoms with van der Waals surface area (Å²) in [5.74, 6) is -0.207. The molecule has 0 bridgehead atoms. The van der Waals surface area contributed by atoms with E-state index in [1.165, 1.54) is 4.57 Å². The minimum absolute atomic E-state index is 0.0400. The van der Waals surface area contributed by atoms with Gasteiger partial charge in [-0.3, -0.25) is 14.2 Å². The molecule has 0 aromatic carbocycles. The molecule has 17 heavy (non-hydrogen) atoms. The van der Waals surface area contributed by atoms with Gasteiger partial charge < -0.3 is 10.4 Å². The van der Waals surface area contributed by atoms with Crippen molar-refractivity contribution >= 4 is 17.2 Å². The molecule has 2 atom stereocenters. The molecular formula is C11H18N2O3S. The van der Waals surface area contributed by atoms with E-state index in [4.69, 9.17) is 0 Å². The number of hydrogen-bond donors (Lipinski definition) is 2. The summed E-state index contributed by atoms with van der Waals surface area (Å²) in [6, 6.07) is -0.0999. The zero-order chi connectivity index (χ0) is 13.0. The van der Waals surface area contributed by atoms with E-state index in [0.29, 0.717) is 6.42 Å². The monoisotopic (exact) mass is 258 g/mol. The number of amides is 1. The first-order valence-electron chi connectivity index (χ1n) is 5.52. The molecule has 1 rings (SSSR count). The summed E-state index contributed by atoms with van der Waals surface area (Å²) in [5, 5.41) is 13.7. The normalized spacial score (nSPS) is 14.4. The number of aliphatic hydroxyl groups excluding tert-OH is 1. The lowest BCUT2D eigenvalue weighted by molar-refractivity contribution is -0.122. The molecule has 0 spiro atoms. The van der Waals surface area contributed by atoms with Gasteiger partial charge in [0.1, 0.15) is 6.54 Å². The molecule has 0 aliphatic carbocycles. The van der Waals surface area contributed by atoms with Gasteiger partial charge in [0.05, 0.1) is 6.10 Å². The fraction of sp³-hybridized carbons (Fsp3) is 0.636. The molecule has 2 unspecified atom stereocenters. The van der Waals surface area contributed by atoms with E-state index in [1.54, 1.807) is 19.2 Å². The number of thiazole rings is 1. The van der Waals surface area contributed by atoms with E-state index < -0.39 is 6.10 Å². The van der Waals surface area contributed by atoms with Gasteiger partial charge in [-0.15, -0.1) is 0 Å². The zero-order valence-electron chi connectivity index (χ0n) is 10.3. The number of rotatable bonds is 5. The molecular weight excluding hydrogens is 240 g/mol. The third kappa shape index (κ3) is 4.32. The number of aliphatic hydroxyl groups is 1. The molecule has 1 aromatic rings. The van der Waals surface area contributed by atoms with Crippen LogP contribution in [0.4, 0.5) is 0 Å². The van der Waals surface area contributed by atoms with Gasteiger partial charge in [-0.1, -0.05) is 11.3 Å². The average molecular weight is 258 g/mol. The van der Waals surface area contributed by atoms with E-state index in [1.807, 2.05) is 6.92 Å². The largest absolute Gasteiger partial charge is 0.393 e. The molecule has 0 fully saturated rings. The summed E-state index contributed by atoms with van der Waals surface area (Å²) in [7, 11) is 0. The molecule has 96 valence electrons.